The first-order chi connectivity index (χ1) is 16.5. The van der Waals surface area contributed by atoms with Crippen LogP contribution in [0, 0.1) is 25.2 Å². The fraction of sp³-hybridized carbons (Fsp3) is 0.333. The summed E-state index contributed by atoms with van der Waals surface area (Å²) in [6, 6.07) is 15.0. The van der Waals surface area contributed by atoms with Gasteiger partial charge in [-0.05, 0) is 58.3 Å². The quantitative estimate of drug-likeness (QED) is 0.488. The number of hydrogen-bond donors (Lipinski definition) is 0. The Morgan fingerprint density at radius 3 is 2.52 bits per heavy atom. The molecule has 0 radical (unpaired) electrons. The van der Waals surface area contributed by atoms with Crippen LogP contribution in [0.3, 0.4) is 0 Å². The van der Waals surface area contributed by atoms with Gasteiger partial charge in [0, 0.05) is 34.1 Å². The molecule has 4 rings (SSSR count). The van der Waals surface area contributed by atoms with Crippen molar-refractivity contribution in [3.8, 4) is 28.5 Å². The van der Waals surface area contributed by atoms with Crippen molar-refractivity contribution in [1.29, 1.82) is 5.26 Å². The number of nitriles is 1. The lowest BCUT2D eigenvalue weighted by atomic mass is 9.78. The topological polar surface area (TPSA) is 27.7 Å². The number of benzene rings is 2. The molecule has 0 unspecified atom stereocenters. The third-order valence-electron chi connectivity index (χ3n) is 6.24. The molecule has 1 heterocycles. The molecule has 0 spiro atoms. The zero-order chi connectivity index (χ0) is 27.0. The molecule has 0 fully saturated rings. The number of nitrogens with zero attached hydrogens (tertiary/aromatic N) is 2. The summed E-state index contributed by atoms with van der Waals surface area (Å²) in [4.78, 5) is 0. The Morgan fingerprint density at radius 2 is 1.83 bits per heavy atom. The van der Waals surface area contributed by atoms with E-state index in [1.165, 1.54) is 6.07 Å². The van der Waals surface area contributed by atoms with E-state index < -0.39 is 25.0 Å². The summed E-state index contributed by atoms with van der Waals surface area (Å²) >= 11 is 0. The van der Waals surface area contributed by atoms with Crippen LogP contribution in [0.1, 0.15) is 76.6 Å². The Bertz CT molecular complexity index is 1430. The highest BCUT2D eigenvalue weighted by Crippen LogP contribution is 2.52. The molecule has 0 N–H and O–H groups in total. The highest BCUT2D eigenvalue weighted by Gasteiger charge is 2.40. The molecule has 2 aromatic carbocycles. The van der Waals surface area contributed by atoms with Crippen molar-refractivity contribution in [2.24, 2.45) is 7.05 Å². The predicted molar refractivity (Wildman–Crippen MR) is 119 cm³/mol. The molecule has 3 aromatic rings. The lowest BCUT2D eigenvalue weighted by molar-refractivity contribution is -0.666. The number of aromatic nitrogens is 1. The normalized spacial score (nSPS) is 18.7. The van der Waals surface area contributed by atoms with Gasteiger partial charge in [0.1, 0.15) is 7.05 Å². The molecule has 0 amide bonds. The third-order valence-corrected chi connectivity index (χ3v) is 6.24. The predicted octanol–water partition coefficient (Wildman–Crippen LogP) is 6.10. The van der Waals surface area contributed by atoms with Crippen LogP contribution in [0.25, 0.3) is 22.4 Å². The maximum atomic E-state index is 9.47. The molecule has 1 aliphatic rings. The van der Waals surface area contributed by atoms with Crippen molar-refractivity contribution >= 4 is 0 Å². The van der Waals surface area contributed by atoms with E-state index in [2.05, 4.69) is 19.9 Å². The fourth-order valence-electron chi connectivity index (χ4n) is 4.61. The summed E-state index contributed by atoms with van der Waals surface area (Å²) in [5.74, 6) is -2.79. The largest absolute Gasteiger partial charge is 0.213 e. The highest BCUT2D eigenvalue weighted by molar-refractivity contribution is 5.88. The van der Waals surface area contributed by atoms with Crippen LogP contribution in [-0.4, -0.2) is 0 Å². The van der Waals surface area contributed by atoms with E-state index in [1.54, 1.807) is 13.0 Å². The summed E-state index contributed by atoms with van der Waals surface area (Å²) in [5.41, 5.74) is 7.25. The fourth-order valence-corrected chi connectivity index (χ4v) is 4.61. The molecule has 0 atom stereocenters. The summed E-state index contributed by atoms with van der Waals surface area (Å²) < 4.78 is 58.6. The van der Waals surface area contributed by atoms with Crippen molar-refractivity contribution in [2.45, 2.75) is 52.7 Å². The second-order valence-electron chi connectivity index (χ2n) is 8.38. The molecular weight excluding hydrogens is 352 g/mol. The van der Waals surface area contributed by atoms with Gasteiger partial charge in [-0.25, -0.2) is 0 Å². The molecule has 146 valence electrons. The Morgan fingerprint density at radius 1 is 1.07 bits per heavy atom. The molecule has 0 saturated carbocycles. The van der Waals surface area contributed by atoms with E-state index in [-0.39, 0.29) is 5.56 Å². The number of aryl methyl sites for hydroxylation is 2. The Hall–Kier alpha value is -2.92. The summed E-state index contributed by atoms with van der Waals surface area (Å²) in [6.07, 6.45) is 0. The van der Waals surface area contributed by atoms with Gasteiger partial charge < -0.3 is 0 Å². The minimum absolute atomic E-state index is 0.0646. The molecule has 1 aromatic heterocycles. The van der Waals surface area contributed by atoms with Gasteiger partial charge in [-0.1, -0.05) is 45.8 Å². The van der Waals surface area contributed by atoms with E-state index in [1.807, 2.05) is 48.9 Å². The Labute approximate surface area is 184 Å². The van der Waals surface area contributed by atoms with Crippen molar-refractivity contribution in [2.75, 3.05) is 0 Å². The second kappa shape index (κ2) is 6.56. The first kappa shape index (κ1) is 12.6. The van der Waals surface area contributed by atoms with Crippen molar-refractivity contribution in [3.05, 3.63) is 76.0 Å². The molecule has 2 nitrogen and oxygen atoms in total. The van der Waals surface area contributed by atoms with Gasteiger partial charge in [0.15, 0.2) is 5.69 Å². The maximum Gasteiger partial charge on any atom is 0.213 e. The number of rotatable bonds is 2. The lowest BCUT2D eigenvalue weighted by Gasteiger charge is -2.25. The number of hydrogen-bond acceptors (Lipinski definition) is 1. The van der Waals surface area contributed by atoms with Crippen LogP contribution < -0.4 is 4.57 Å². The van der Waals surface area contributed by atoms with Crippen LogP contribution in [0.15, 0.2) is 42.5 Å². The van der Waals surface area contributed by atoms with E-state index in [0.29, 0.717) is 17.0 Å². The van der Waals surface area contributed by atoms with Crippen molar-refractivity contribution in [1.82, 2.24) is 0 Å². The maximum absolute atomic E-state index is 9.47. The van der Waals surface area contributed by atoms with Gasteiger partial charge in [-0.2, -0.15) is 9.83 Å². The van der Waals surface area contributed by atoms with Crippen LogP contribution in [-0.2, 0) is 12.5 Å². The van der Waals surface area contributed by atoms with Crippen LogP contribution in [0.2, 0.25) is 0 Å². The van der Waals surface area contributed by atoms with Gasteiger partial charge in [0.05, 0.1) is 17.2 Å². The zero-order valence-corrected chi connectivity index (χ0v) is 17.4. The molecule has 29 heavy (non-hydrogen) atoms. The Kier molecular flexibility index (Phi) is 2.85. The van der Waals surface area contributed by atoms with E-state index in [4.69, 9.17) is 9.60 Å². The van der Waals surface area contributed by atoms with Crippen LogP contribution in [0.4, 0.5) is 0 Å². The summed E-state index contributed by atoms with van der Waals surface area (Å²) in [5, 5.41) is 9.47. The standard InChI is InChI=1S/C27H29N2/c1-16(2)20-12-18(4)29(7)24(14-20)25-17(3)8-10-21-22-13-19(15-28)9-11-23(22)27(5,6)26(21)25/h8-14,16H,1-7H3/q+1/i1D3,2D3,16D. The summed E-state index contributed by atoms with van der Waals surface area (Å²) in [7, 11) is 1.85. The SMILES string of the molecule is [2H]C([2H])([2H])C([2H])(c1cc(C)[n+](C)c(-c2c(C)ccc3c2C(C)(C)c2ccc(C#N)cc2-3)c1)C([2H])([2H])[2H]. The lowest BCUT2D eigenvalue weighted by Crippen LogP contribution is -2.36. The second-order valence-corrected chi connectivity index (χ2v) is 8.38. The molecule has 1 aliphatic carbocycles. The molecule has 2 heteroatoms. The van der Waals surface area contributed by atoms with Gasteiger partial charge in [-0.3, -0.25) is 0 Å². The number of pyridine rings is 1. The molecule has 0 aliphatic heterocycles. The Balaban J connectivity index is 2.10. The van der Waals surface area contributed by atoms with Crippen LogP contribution in [0.5, 0.6) is 0 Å². The van der Waals surface area contributed by atoms with Crippen molar-refractivity contribution in [3.63, 3.8) is 0 Å². The first-order valence-electron chi connectivity index (χ1n) is 13.2. The monoisotopic (exact) mass is 388 g/mol. The van der Waals surface area contributed by atoms with Gasteiger partial charge in [0.25, 0.3) is 0 Å². The minimum atomic E-state index is -3.07. The molecule has 0 bridgehead atoms. The third kappa shape index (κ3) is 2.80. The van der Waals surface area contributed by atoms with Gasteiger partial charge >= 0.3 is 0 Å². The van der Waals surface area contributed by atoms with Gasteiger partial charge in [0.2, 0.25) is 5.69 Å². The first-order valence-corrected chi connectivity index (χ1v) is 9.67. The van der Waals surface area contributed by atoms with E-state index in [0.717, 1.165) is 33.4 Å². The van der Waals surface area contributed by atoms with Crippen LogP contribution >= 0.6 is 0 Å². The van der Waals surface area contributed by atoms with Crippen molar-refractivity contribution < 1.29 is 14.2 Å². The zero-order valence-electron chi connectivity index (χ0n) is 24.4. The highest BCUT2D eigenvalue weighted by atomic mass is 14.9. The number of fused-ring (bicyclic) bond motifs is 3. The smallest absolute Gasteiger partial charge is 0.199 e. The molecular formula is C27H29N2+. The average Bonchev–Trinajstić information content (AvgIpc) is 3.00. The summed E-state index contributed by atoms with van der Waals surface area (Å²) in [6.45, 7) is 1.84. The van der Waals surface area contributed by atoms with Gasteiger partial charge in [-0.15, -0.1) is 0 Å². The average molecular weight is 389 g/mol. The van der Waals surface area contributed by atoms with E-state index in [9.17, 15) is 5.26 Å². The minimum Gasteiger partial charge on any atom is -0.199 e. The van der Waals surface area contributed by atoms with E-state index >= 15 is 0 Å². The molecule has 0 saturated heterocycles.